The number of rotatable bonds is 3. The molecule has 0 saturated heterocycles. The number of halogens is 1. The number of amides is 3. The summed E-state index contributed by atoms with van der Waals surface area (Å²) in [6.45, 7) is 1.72. The first-order valence-electron chi connectivity index (χ1n) is 7.93. The maximum absolute atomic E-state index is 12.9. The van der Waals surface area contributed by atoms with Crippen LogP contribution in [-0.4, -0.2) is 30.6 Å². The number of carbonyl (C=O) groups excluding carboxylic acids is 3. The van der Waals surface area contributed by atoms with E-state index in [0.29, 0.717) is 22.1 Å². The van der Waals surface area contributed by atoms with Crippen LogP contribution in [0.3, 0.4) is 0 Å². The Balaban J connectivity index is 1.99. The Bertz CT molecular complexity index is 871. The average molecular weight is 374 g/mol. The maximum Gasteiger partial charge on any atom is 0.339 e. The zero-order chi connectivity index (χ0) is 18.7. The second kappa shape index (κ2) is 7.45. The van der Waals surface area contributed by atoms with Crippen LogP contribution in [0.2, 0.25) is 5.02 Å². The van der Waals surface area contributed by atoms with Crippen LogP contribution in [-0.2, 0) is 14.3 Å². The summed E-state index contributed by atoms with van der Waals surface area (Å²) in [7, 11) is 0. The molecule has 0 saturated carbocycles. The van der Waals surface area contributed by atoms with Gasteiger partial charge in [0, 0.05) is 10.7 Å². The molecule has 3 rings (SSSR count). The van der Waals surface area contributed by atoms with Crippen LogP contribution in [0, 0.1) is 0 Å². The minimum Gasteiger partial charge on any atom is -0.464 e. The molecule has 2 aromatic carbocycles. The lowest BCUT2D eigenvalue weighted by molar-refractivity contribution is -0.147. The van der Waals surface area contributed by atoms with E-state index in [4.69, 9.17) is 16.3 Å². The van der Waals surface area contributed by atoms with Gasteiger partial charge in [-0.25, -0.2) is 9.59 Å². The van der Waals surface area contributed by atoms with Crippen LogP contribution >= 0.6 is 11.6 Å². The number of hydrogen-bond donors (Lipinski definition) is 2. The molecule has 2 N–H and O–H groups in total. The molecule has 8 heteroatoms. The Labute approximate surface area is 154 Å². The predicted molar refractivity (Wildman–Crippen MR) is 98.4 cm³/mol. The molecule has 134 valence electrons. The van der Waals surface area contributed by atoms with Crippen molar-refractivity contribution in [2.45, 2.75) is 13.0 Å². The van der Waals surface area contributed by atoms with E-state index in [9.17, 15) is 14.4 Å². The normalized spacial score (nSPS) is 15.7. The van der Waals surface area contributed by atoms with Crippen molar-refractivity contribution in [3.05, 3.63) is 53.6 Å². The first-order chi connectivity index (χ1) is 12.5. The third-order valence-electron chi connectivity index (χ3n) is 3.73. The number of nitrogens with zero attached hydrogens (tertiary/aromatic N) is 1. The fourth-order valence-corrected chi connectivity index (χ4v) is 2.85. The molecule has 2 aromatic rings. The third kappa shape index (κ3) is 3.48. The lowest BCUT2D eigenvalue weighted by Gasteiger charge is -2.34. The van der Waals surface area contributed by atoms with Gasteiger partial charge in [-0.2, -0.15) is 0 Å². The number of nitrogens with one attached hydrogen (secondary N) is 2. The van der Waals surface area contributed by atoms with Crippen molar-refractivity contribution in [2.75, 3.05) is 22.1 Å². The highest BCUT2D eigenvalue weighted by Crippen LogP contribution is 2.33. The van der Waals surface area contributed by atoms with Crippen molar-refractivity contribution >= 4 is 46.6 Å². The molecule has 1 aliphatic heterocycles. The molecule has 0 fully saturated rings. The standard InChI is InChI=1S/C18H16ClN3O4/c1-2-26-17(24)15-16(23)21-13-8-3-4-9-14(13)22(15)18(25)20-12-7-5-6-11(19)10-12/h3-10,15H,2H2,1H3,(H,20,25)(H,21,23)/t15-/m0/s1. The van der Waals surface area contributed by atoms with Gasteiger partial charge in [0.1, 0.15) is 0 Å². The highest BCUT2D eigenvalue weighted by Gasteiger charge is 2.42. The second-order valence-electron chi connectivity index (χ2n) is 5.47. The van der Waals surface area contributed by atoms with E-state index in [1.165, 1.54) is 0 Å². The highest BCUT2D eigenvalue weighted by molar-refractivity contribution is 6.31. The smallest absolute Gasteiger partial charge is 0.339 e. The summed E-state index contributed by atoms with van der Waals surface area (Å²) < 4.78 is 4.97. The topological polar surface area (TPSA) is 87.7 Å². The molecular weight excluding hydrogens is 358 g/mol. The molecular formula is C18H16ClN3O4. The fraction of sp³-hybridized carbons (Fsp3) is 0.167. The van der Waals surface area contributed by atoms with E-state index < -0.39 is 23.9 Å². The van der Waals surface area contributed by atoms with Crippen molar-refractivity contribution < 1.29 is 19.1 Å². The second-order valence-corrected chi connectivity index (χ2v) is 5.91. The van der Waals surface area contributed by atoms with Gasteiger partial charge < -0.3 is 15.4 Å². The molecule has 0 aliphatic carbocycles. The van der Waals surface area contributed by atoms with Gasteiger partial charge in [0.15, 0.2) is 0 Å². The molecule has 1 heterocycles. The summed E-state index contributed by atoms with van der Waals surface area (Å²) in [6.07, 6.45) is 0. The Morgan fingerprint density at radius 2 is 2.00 bits per heavy atom. The van der Waals surface area contributed by atoms with Gasteiger partial charge >= 0.3 is 12.0 Å². The first kappa shape index (κ1) is 17.8. The highest BCUT2D eigenvalue weighted by atomic mass is 35.5. The van der Waals surface area contributed by atoms with Crippen LogP contribution in [0.25, 0.3) is 0 Å². The van der Waals surface area contributed by atoms with E-state index in [1.54, 1.807) is 55.5 Å². The van der Waals surface area contributed by atoms with Gasteiger partial charge in [-0.1, -0.05) is 29.8 Å². The third-order valence-corrected chi connectivity index (χ3v) is 3.97. The number of esters is 1. The summed E-state index contributed by atoms with van der Waals surface area (Å²) in [6, 6.07) is 11.2. The first-order valence-corrected chi connectivity index (χ1v) is 8.31. The molecule has 26 heavy (non-hydrogen) atoms. The van der Waals surface area contributed by atoms with Crippen molar-refractivity contribution in [3.63, 3.8) is 0 Å². The minimum absolute atomic E-state index is 0.0913. The molecule has 0 unspecified atom stereocenters. The predicted octanol–water partition coefficient (Wildman–Crippen LogP) is 3.26. The fourth-order valence-electron chi connectivity index (χ4n) is 2.66. The largest absolute Gasteiger partial charge is 0.464 e. The SMILES string of the molecule is CCOC(=O)[C@@H]1C(=O)Nc2ccccc2N1C(=O)Nc1cccc(Cl)c1. The monoisotopic (exact) mass is 373 g/mol. The number of carbonyl (C=O) groups is 3. The molecule has 3 amide bonds. The lowest BCUT2D eigenvalue weighted by atomic mass is 10.1. The zero-order valence-electron chi connectivity index (χ0n) is 13.9. The summed E-state index contributed by atoms with van der Waals surface area (Å²) >= 11 is 5.94. The van der Waals surface area contributed by atoms with E-state index >= 15 is 0 Å². The van der Waals surface area contributed by atoms with Gasteiger partial charge in [0.2, 0.25) is 6.04 Å². The summed E-state index contributed by atoms with van der Waals surface area (Å²) in [5.74, 6) is -1.44. The Hall–Kier alpha value is -3.06. The van der Waals surface area contributed by atoms with Gasteiger partial charge in [-0.3, -0.25) is 9.69 Å². The van der Waals surface area contributed by atoms with E-state index in [1.807, 2.05) is 0 Å². The molecule has 1 aliphatic rings. The van der Waals surface area contributed by atoms with Crippen molar-refractivity contribution in [2.24, 2.45) is 0 Å². The van der Waals surface area contributed by atoms with Crippen LogP contribution < -0.4 is 15.5 Å². The maximum atomic E-state index is 12.9. The Morgan fingerprint density at radius 3 is 2.73 bits per heavy atom. The number of hydrogen-bond acceptors (Lipinski definition) is 4. The van der Waals surface area contributed by atoms with Crippen LogP contribution in [0.5, 0.6) is 0 Å². The molecule has 0 bridgehead atoms. The molecule has 1 atom stereocenters. The molecule has 0 spiro atoms. The van der Waals surface area contributed by atoms with E-state index in [-0.39, 0.29) is 6.61 Å². The number of para-hydroxylation sites is 2. The average Bonchev–Trinajstić information content (AvgIpc) is 2.60. The molecule has 0 aromatic heterocycles. The summed E-state index contributed by atoms with van der Waals surface area (Å²) in [4.78, 5) is 38.7. The van der Waals surface area contributed by atoms with E-state index in [0.717, 1.165) is 4.90 Å². The number of ether oxygens (including phenoxy) is 1. The number of urea groups is 1. The van der Waals surface area contributed by atoms with Crippen LogP contribution in [0.15, 0.2) is 48.5 Å². The summed E-state index contributed by atoms with van der Waals surface area (Å²) in [5.41, 5.74) is 1.26. The Morgan fingerprint density at radius 1 is 1.23 bits per heavy atom. The van der Waals surface area contributed by atoms with Crippen LogP contribution in [0.4, 0.5) is 21.9 Å². The summed E-state index contributed by atoms with van der Waals surface area (Å²) in [5, 5.41) is 5.73. The number of fused-ring (bicyclic) bond motifs is 1. The van der Waals surface area contributed by atoms with Crippen LogP contribution in [0.1, 0.15) is 6.92 Å². The molecule has 0 radical (unpaired) electrons. The Kier molecular flexibility index (Phi) is 5.09. The van der Waals surface area contributed by atoms with Gasteiger partial charge in [-0.15, -0.1) is 0 Å². The van der Waals surface area contributed by atoms with Gasteiger partial charge in [0.05, 0.1) is 18.0 Å². The van der Waals surface area contributed by atoms with Gasteiger partial charge in [0.25, 0.3) is 5.91 Å². The van der Waals surface area contributed by atoms with E-state index in [2.05, 4.69) is 10.6 Å². The van der Waals surface area contributed by atoms with Crippen molar-refractivity contribution in [3.8, 4) is 0 Å². The number of anilines is 3. The zero-order valence-corrected chi connectivity index (χ0v) is 14.6. The number of benzene rings is 2. The van der Waals surface area contributed by atoms with Crippen molar-refractivity contribution in [1.29, 1.82) is 0 Å². The quantitative estimate of drug-likeness (QED) is 0.638. The van der Waals surface area contributed by atoms with Crippen molar-refractivity contribution in [1.82, 2.24) is 0 Å². The lowest BCUT2D eigenvalue weighted by Crippen LogP contribution is -2.56. The molecule has 7 nitrogen and oxygen atoms in total. The minimum atomic E-state index is -1.43. The van der Waals surface area contributed by atoms with Gasteiger partial charge in [-0.05, 0) is 37.3 Å².